The first-order chi connectivity index (χ1) is 9.15. The van der Waals surface area contributed by atoms with Crippen molar-refractivity contribution in [2.45, 2.75) is 43.9 Å². The van der Waals surface area contributed by atoms with Gasteiger partial charge < -0.3 is 0 Å². The monoisotopic (exact) mass is 276 g/mol. The van der Waals surface area contributed by atoms with Crippen molar-refractivity contribution >= 4 is 17.4 Å². The summed E-state index contributed by atoms with van der Waals surface area (Å²) in [6.45, 7) is 1.76. The highest BCUT2D eigenvalue weighted by Gasteiger charge is 2.44. The molecule has 1 nitrogen and oxygen atoms in total. The third kappa shape index (κ3) is 2.58. The molecule has 102 valence electrons. The van der Waals surface area contributed by atoms with Gasteiger partial charge in [0.25, 0.3) is 0 Å². The number of carbonyl (C=O) groups excluding carboxylic acids is 1. The molecule has 19 heavy (non-hydrogen) atoms. The average Bonchev–Trinajstić information content (AvgIpc) is 2.38. The molecule has 3 rings (SSSR count). The van der Waals surface area contributed by atoms with E-state index in [9.17, 15) is 4.79 Å². The molecule has 0 saturated heterocycles. The minimum atomic E-state index is 0.204. The molecule has 2 aliphatic carbocycles. The van der Waals surface area contributed by atoms with Crippen molar-refractivity contribution in [3.63, 3.8) is 0 Å². The second-order valence-corrected chi connectivity index (χ2v) is 6.94. The number of alkyl halides is 1. The number of Topliss-reactive ketones (excluding diaryl/α,β-unsaturated/α-hetero) is 1. The highest BCUT2D eigenvalue weighted by atomic mass is 35.5. The van der Waals surface area contributed by atoms with Crippen LogP contribution in [-0.4, -0.2) is 11.2 Å². The predicted molar refractivity (Wildman–Crippen MR) is 78.4 cm³/mol. The summed E-state index contributed by atoms with van der Waals surface area (Å²) in [6.07, 6.45) is 4.46. The van der Waals surface area contributed by atoms with E-state index in [1.54, 1.807) is 6.92 Å². The van der Waals surface area contributed by atoms with Gasteiger partial charge in [-0.15, -0.1) is 11.6 Å². The lowest BCUT2D eigenvalue weighted by atomic mass is 9.59. The molecule has 2 saturated carbocycles. The van der Waals surface area contributed by atoms with Crippen molar-refractivity contribution in [2.75, 3.05) is 0 Å². The first-order valence-corrected chi connectivity index (χ1v) is 7.78. The zero-order chi connectivity index (χ0) is 13.4. The smallest absolute Gasteiger partial charge is 0.133 e. The number of rotatable bonds is 2. The van der Waals surface area contributed by atoms with Crippen LogP contribution in [0, 0.1) is 17.8 Å². The normalized spacial score (nSPS) is 37.9. The van der Waals surface area contributed by atoms with E-state index in [2.05, 4.69) is 24.3 Å². The highest BCUT2D eigenvalue weighted by Crippen LogP contribution is 2.51. The van der Waals surface area contributed by atoms with Crippen LogP contribution in [0.2, 0.25) is 0 Å². The Morgan fingerprint density at radius 3 is 2.53 bits per heavy atom. The Bertz CT molecular complexity index is 454. The summed E-state index contributed by atoms with van der Waals surface area (Å²) in [5.41, 5.74) is 1.33. The number of ketones is 1. The van der Waals surface area contributed by atoms with Crippen molar-refractivity contribution in [1.82, 2.24) is 0 Å². The van der Waals surface area contributed by atoms with Crippen LogP contribution < -0.4 is 0 Å². The van der Waals surface area contributed by atoms with E-state index in [-0.39, 0.29) is 5.92 Å². The van der Waals surface area contributed by atoms with E-state index in [1.807, 2.05) is 6.07 Å². The Labute approximate surface area is 120 Å². The summed E-state index contributed by atoms with van der Waals surface area (Å²) in [6, 6.07) is 10.6. The maximum absolute atomic E-state index is 12.1. The highest BCUT2D eigenvalue weighted by molar-refractivity contribution is 6.20. The van der Waals surface area contributed by atoms with Crippen molar-refractivity contribution in [2.24, 2.45) is 17.8 Å². The molecule has 5 unspecified atom stereocenters. The van der Waals surface area contributed by atoms with Crippen LogP contribution >= 0.6 is 11.6 Å². The van der Waals surface area contributed by atoms with Crippen LogP contribution in [0.15, 0.2) is 30.3 Å². The summed E-state index contributed by atoms with van der Waals surface area (Å²) < 4.78 is 0. The van der Waals surface area contributed by atoms with Crippen LogP contribution in [0.4, 0.5) is 0 Å². The van der Waals surface area contributed by atoms with Gasteiger partial charge in [0.15, 0.2) is 0 Å². The third-order valence-corrected chi connectivity index (χ3v) is 5.38. The van der Waals surface area contributed by atoms with Gasteiger partial charge in [0.05, 0.1) is 0 Å². The summed E-state index contributed by atoms with van der Waals surface area (Å²) in [5.74, 6) is 2.20. The molecule has 0 N–H and O–H groups in total. The molecular formula is C17H21ClO. The molecule has 1 aromatic rings. The summed E-state index contributed by atoms with van der Waals surface area (Å²) >= 11 is 6.41. The summed E-state index contributed by atoms with van der Waals surface area (Å²) in [4.78, 5) is 12.1. The van der Waals surface area contributed by atoms with E-state index in [1.165, 1.54) is 12.0 Å². The van der Waals surface area contributed by atoms with E-state index >= 15 is 0 Å². The molecule has 1 aromatic carbocycles. The van der Waals surface area contributed by atoms with Gasteiger partial charge in [-0.2, -0.15) is 0 Å². The Balaban J connectivity index is 1.94. The minimum Gasteiger partial charge on any atom is -0.300 e. The molecule has 2 fully saturated rings. The maximum Gasteiger partial charge on any atom is 0.133 e. The fraction of sp³-hybridized carbons (Fsp3) is 0.588. The quantitative estimate of drug-likeness (QED) is 0.732. The lowest BCUT2D eigenvalue weighted by Crippen LogP contribution is -2.40. The largest absolute Gasteiger partial charge is 0.300 e. The number of fused-ring (bicyclic) bond motifs is 2. The van der Waals surface area contributed by atoms with Crippen molar-refractivity contribution in [3.05, 3.63) is 35.9 Å². The number of hydrogen-bond acceptors (Lipinski definition) is 1. The van der Waals surface area contributed by atoms with Crippen LogP contribution in [0.5, 0.6) is 0 Å². The first kappa shape index (κ1) is 13.2. The molecule has 0 heterocycles. The van der Waals surface area contributed by atoms with E-state index < -0.39 is 0 Å². The lowest BCUT2D eigenvalue weighted by Gasteiger charge is -2.46. The SMILES string of the molecule is CC(=O)C1CC2CC(Cl)CC(C2)C1c1ccccc1. The summed E-state index contributed by atoms with van der Waals surface area (Å²) in [7, 11) is 0. The zero-order valence-corrected chi connectivity index (χ0v) is 12.1. The van der Waals surface area contributed by atoms with Gasteiger partial charge in [-0.25, -0.2) is 0 Å². The molecule has 2 bridgehead atoms. The zero-order valence-electron chi connectivity index (χ0n) is 11.4. The minimum absolute atomic E-state index is 0.204. The average molecular weight is 277 g/mol. The second kappa shape index (κ2) is 5.28. The van der Waals surface area contributed by atoms with E-state index in [0.29, 0.717) is 28.9 Å². The Morgan fingerprint density at radius 2 is 1.84 bits per heavy atom. The molecule has 0 radical (unpaired) electrons. The molecule has 0 amide bonds. The number of carbonyl (C=O) groups is 1. The van der Waals surface area contributed by atoms with Gasteiger partial charge in [0, 0.05) is 11.3 Å². The van der Waals surface area contributed by atoms with Gasteiger partial charge in [-0.1, -0.05) is 30.3 Å². The Kier molecular flexibility index (Phi) is 3.66. The Hall–Kier alpha value is -0.820. The standard InChI is InChI=1S/C17H21ClO/c1-11(19)16-9-12-7-14(10-15(18)8-12)17(16)13-5-3-2-4-6-13/h2-6,12,14-17H,7-10H2,1H3. The fourth-order valence-corrected chi connectivity index (χ4v) is 4.81. The second-order valence-electron chi connectivity index (χ2n) is 6.32. The van der Waals surface area contributed by atoms with Gasteiger partial charge in [-0.05, 0) is 55.9 Å². The van der Waals surface area contributed by atoms with Crippen LogP contribution in [0.3, 0.4) is 0 Å². The molecule has 0 aromatic heterocycles. The molecule has 5 atom stereocenters. The van der Waals surface area contributed by atoms with Crippen LogP contribution in [0.25, 0.3) is 0 Å². The van der Waals surface area contributed by atoms with E-state index in [0.717, 1.165) is 19.3 Å². The van der Waals surface area contributed by atoms with Crippen molar-refractivity contribution in [1.29, 1.82) is 0 Å². The lowest BCUT2D eigenvalue weighted by molar-refractivity contribution is -0.124. The first-order valence-electron chi connectivity index (χ1n) is 7.34. The topological polar surface area (TPSA) is 17.1 Å². The fourth-order valence-electron chi connectivity index (χ4n) is 4.33. The van der Waals surface area contributed by atoms with Crippen molar-refractivity contribution in [3.8, 4) is 0 Å². The maximum atomic E-state index is 12.1. The summed E-state index contributed by atoms with van der Waals surface area (Å²) in [5, 5.41) is 0.308. The van der Waals surface area contributed by atoms with Gasteiger partial charge >= 0.3 is 0 Å². The molecule has 2 aliphatic rings. The molecular weight excluding hydrogens is 256 g/mol. The van der Waals surface area contributed by atoms with Crippen molar-refractivity contribution < 1.29 is 4.79 Å². The van der Waals surface area contributed by atoms with Gasteiger partial charge in [0.1, 0.15) is 5.78 Å². The number of benzene rings is 1. The molecule has 0 aliphatic heterocycles. The Morgan fingerprint density at radius 1 is 1.11 bits per heavy atom. The number of hydrogen-bond donors (Lipinski definition) is 0. The molecule has 0 spiro atoms. The van der Waals surface area contributed by atoms with Crippen LogP contribution in [0.1, 0.15) is 44.1 Å². The molecule has 2 heteroatoms. The van der Waals surface area contributed by atoms with Gasteiger partial charge in [-0.3, -0.25) is 4.79 Å². The third-order valence-electron chi connectivity index (χ3n) is 5.02. The van der Waals surface area contributed by atoms with Gasteiger partial charge in [0.2, 0.25) is 0 Å². The number of halogens is 1. The predicted octanol–water partition coefficient (Wildman–Crippen LogP) is 4.40. The van der Waals surface area contributed by atoms with E-state index in [4.69, 9.17) is 11.6 Å². The van der Waals surface area contributed by atoms with Crippen LogP contribution in [-0.2, 0) is 4.79 Å².